The highest BCUT2D eigenvalue weighted by molar-refractivity contribution is 5.90. The lowest BCUT2D eigenvalue weighted by molar-refractivity contribution is 0.0600. The van der Waals surface area contributed by atoms with Crippen molar-refractivity contribution in [3.8, 4) is 11.5 Å². The highest BCUT2D eigenvalue weighted by Gasteiger charge is 2.14. The number of ether oxygens (including phenoxy) is 3. The van der Waals surface area contributed by atoms with Gasteiger partial charge >= 0.3 is 5.97 Å². The van der Waals surface area contributed by atoms with E-state index in [1.807, 2.05) is 6.07 Å². The lowest BCUT2D eigenvalue weighted by atomic mass is 10.2. The van der Waals surface area contributed by atoms with Crippen molar-refractivity contribution in [2.24, 2.45) is 0 Å². The number of pyridine rings is 1. The van der Waals surface area contributed by atoms with Crippen molar-refractivity contribution in [3.63, 3.8) is 0 Å². The number of nitrogens with zero attached hydrogens (tertiary/aromatic N) is 1. The van der Waals surface area contributed by atoms with Gasteiger partial charge in [-0.05, 0) is 36.2 Å². The summed E-state index contributed by atoms with van der Waals surface area (Å²) >= 11 is 0. The van der Waals surface area contributed by atoms with Crippen LogP contribution >= 0.6 is 0 Å². The van der Waals surface area contributed by atoms with Gasteiger partial charge in [0.15, 0.2) is 11.5 Å². The second-order valence-corrected chi connectivity index (χ2v) is 5.13. The first-order valence-electron chi connectivity index (χ1n) is 7.33. The molecule has 0 radical (unpaired) electrons. The summed E-state index contributed by atoms with van der Waals surface area (Å²) in [6, 6.07) is 8.96. The van der Waals surface area contributed by atoms with Crippen molar-refractivity contribution in [2.75, 3.05) is 26.1 Å². The summed E-state index contributed by atoms with van der Waals surface area (Å²) in [5.41, 5.74) is 2.47. The van der Waals surface area contributed by atoms with Crippen LogP contribution in [0.15, 0.2) is 30.3 Å². The molecule has 2 aromatic rings. The van der Waals surface area contributed by atoms with E-state index in [4.69, 9.17) is 14.2 Å². The number of carbonyl (C=O) groups is 1. The van der Waals surface area contributed by atoms with Gasteiger partial charge in [0.25, 0.3) is 0 Å². The number of carbonyl (C=O) groups excluding carboxylic acids is 1. The Kier molecular flexibility index (Phi) is 4.32. The molecular formula is C17H18N2O4. The smallest absolute Gasteiger partial charge is 0.337 e. The van der Waals surface area contributed by atoms with Crippen molar-refractivity contribution < 1.29 is 19.0 Å². The number of anilines is 1. The molecule has 0 unspecified atom stereocenters. The fourth-order valence-corrected chi connectivity index (χ4v) is 2.46. The number of methoxy groups -OCH3 is 2. The molecule has 0 amide bonds. The maximum Gasteiger partial charge on any atom is 0.337 e. The molecule has 23 heavy (non-hydrogen) atoms. The number of aromatic nitrogens is 1. The molecule has 1 N–H and O–H groups in total. The van der Waals surface area contributed by atoms with E-state index in [1.165, 1.54) is 19.8 Å². The van der Waals surface area contributed by atoms with Gasteiger partial charge in [0.05, 0.1) is 25.5 Å². The van der Waals surface area contributed by atoms with Crippen LogP contribution in [0.3, 0.4) is 0 Å². The summed E-state index contributed by atoms with van der Waals surface area (Å²) in [7, 11) is 2.87. The molecule has 0 bridgehead atoms. The molecular weight excluding hydrogens is 296 g/mol. The molecule has 0 atom stereocenters. The molecule has 0 saturated carbocycles. The Hall–Kier alpha value is -2.76. The van der Waals surface area contributed by atoms with E-state index < -0.39 is 5.97 Å². The van der Waals surface area contributed by atoms with Crippen LogP contribution < -0.4 is 14.8 Å². The summed E-state index contributed by atoms with van der Waals surface area (Å²) in [6.45, 7) is 1.25. The van der Waals surface area contributed by atoms with Crippen LogP contribution in [0.1, 0.15) is 21.6 Å². The van der Waals surface area contributed by atoms with Crippen LogP contribution in [0.2, 0.25) is 0 Å². The number of esters is 1. The van der Waals surface area contributed by atoms with Crippen LogP contribution in [0.4, 0.5) is 5.82 Å². The van der Waals surface area contributed by atoms with E-state index in [0.29, 0.717) is 23.7 Å². The van der Waals surface area contributed by atoms with Crippen LogP contribution in [0.25, 0.3) is 0 Å². The SMILES string of the molecule is COC(=O)c1ccc(OCc2ccc3c(n2)NCC3)c(OC)c1. The zero-order valence-electron chi connectivity index (χ0n) is 13.1. The molecule has 1 aliphatic heterocycles. The predicted molar refractivity (Wildman–Crippen MR) is 85.1 cm³/mol. The topological polar surface area (TPSA) is 69.7 Å². The quantitative estimate of drug-likeness (QED) is 0.855. The van der Waals surface area contributed by atoms with Gasteiger partial charge in [-0.25, -0.2) is 9.78 Å². The zero-order chi connectivity index (χ0) is 16.2. The number of rotatable bonds is 5. The Morgan fingerprint density at radius 2 is 2.09 bits per heavy atom. The Morgan fingerprint density at radius 1 is 1.22 bits per heavy atom. The summed E-state index contributed by atoms with van der Waals surface area (Å²) in [5, 5.41) is 3.24. The molecule has 0 aliphatic carbocycles. The fraction of sp³-hybridized carbons (Fsp3) is 0.294. The maximum absolute atomic E-state index is 11.5. The van der Waals surface area contributed by atoms with E-state index in [1.54, 1.807) is 18.2 Å². The lowest BCUT2D eigenvalue weighted by Crippen LogP contribution is -2.04. The van der Waals surface area contributed by atoms with E-state index >= 15 is 0 Å². The van der Waals surface area contributed by atoms with Crippen LogP contribution in [0, 0.1) is 0 Å². The van der Waals surface area contributed by atoms with Gasteiger partial charge < -0.3 is 19.5 Å². The highest BCUT2D eigenvalue weighted by atomic mass is 16.5. The third kappa shape index (κ3) is 3.21. The average Bonchev–Trinajstić information content (AvgIpc) is 3.06. The average molecular weight is 314 g/mol. The Bertz CT molecular complexity index is 731. The number of hydrogen-bond donors (Lipinski definition) is 1. The first-order valence-corrected chi connectivity index (χ1v) is 7.33. The summed E-state index contributed by atoms with van der Waals surface area (Å²) in [5.74, 6) is 1.54. The van der Waals surface area contributed by atoms with Crippen molar-refractivity contribution in [2.45, 2.75) is 13.0 Å². The van der Waals surface area contributed by atoms with Gasteiger partial charge in [-0.1, -0.05) is 6.07 Å². The van der Waals surface area contributed by atoms with Crippen molar-refractivity contribution in [1.29, 1.82) is 0 Å². The van der Waals surface area contributed by atoms with Gasteiger partial charge in [-0.3, -0.25) is 0 Å². The fourth-order valence-electron chi connectivity index (χ4n) is 2.46. The van der Waals surface area contributed by atoms with Crippen LogP contribution in [-0.4, -0.2) is 31.7 Å². The third-order valence-electron chi connectivity index (χ3n) is 3.68. The number of benzene rings is 1. The van der Waals surface area contributed by atoms with Gasteiger partial charge in [0, 0.05) is 6.54 Å². The van der Waals surface area contributed by atoms with E-state index in [-0.39, 0.29) is 0 Å². The molecule has 1 aliphatic rings. The molecule has 1 aromatic carbocycles. The van der Waals surface area contributed by atoms with Crippen molar-refractivity contribution >= 4 is 11.8 Å². The Morgan fingerprint density at radius 3 is 2.87 bits per heavy atom. The summed E-state index contributed by atoms with van der Waals surface area (Å²) < 4.78 is 15.7. The van der Waals surface area contributed by atoms with E-state index in [9.17, 15) is 4.79 Å². The largest absolute Gasteiger partial charge is 0.493 e. The van der Waals surface area contributed by atoms with Crippen molar-refractivity contribution in [1.82, 2.24) is 4.98 Å². The lowest BCUT2D eigenvalue weighted by Gasteiger charge is -2.12. The molecule has 6 nitrogen and oxygen atoms in total. The van der Waals surface area contributed by atoms with E-state index in [0.717, 1.165) is 24.5 Å². The minimum Gasteiger partial charge on any atom is -0.493 e. The zero-order valence-corrected chi connectivity index (χ0v) is 13.1. The maximum atomic E-state index is 11.5. The van der Waals surface area contributed by atoms with Crippen molar-refractivity contribution in [3.05, 3.63) is 47.2 Å². The first kappa shape index (κ1) is 15.1. The first-order chi connectivity index (χ1) is 11.2. The van der Waals surface area contributed by atoms with Gasteiger partial charge in [0.2, 0.25) is 0 Å². The third-order valence-corrected chi connectivity index (χ3v) is 3.68. The number of hydrogen-bond acceptors (Lipinski definition) is 6. The van der Waals surface area contributed by atoms with Crippen LogP contribution in [0.5, 0.6) is 11.5 Å². The molecule has 120 valence electrons. The van der Waals surface area contributed by atoms with Gasteiger partial charge in [-0.15, -0.1) is 0 Å². The second kappa shape index (κ2) is 6.56. The summed E-state index contributed by atoms with van der Waals surface area (Å²) in [6.07, 6.45) is 1.01. The monoisotopic (exact) mass is 314 g/mol. The molecule has 1 aromatic heterocycles. The normalized spacial score (nSPS) is 12.3. The molecule has 2 heterocycles. The minimum absolute atomic E-state index is 0.322. The Labute approximate surface area is 134 Å². The molecule has 0 fully saturated rings. The van der Waals surface area contributed by atoms with E-state index in [2.05, 4.69) is 16.4 Å². The summed E-state index contributed by atoms with van der Waals surface area (Å²) in [4.78, 5) is 16.1. The molecule has 0 saturated heterocycles. The minimum atomic E-state index is -0.416. The molecule has 6 heteroatoms. The van der Waals surface area contributed by atoms with Gasteiger partial charge in [0.1, 0.15) is 12.4 Å². The van der Waals surface area contributed by atoms with Crippen LogP contribution in [-0.2, 0) is 17.8 Å². The Balaban J connectivity index is 1.73. The predicted octanol–water partition coefficient (Wildman–Crippen LogP) is 2.42. The second-order valence-electron chi connectivity index (χ2n) is 5.13. The number of nitrogens with one attached hydrogen (secondary N) is 1. The molecule has 3 rings (SSSR count). The number of fused-ring (bicyclic) bond motifs is 1. The standard InChI is InChI=1S/C17H18N2O4/c1-21-15-9-12(17(20)22-2)4-6-14(15)23-10-13-5-3-11-7-8-18-16(11)19-13/h3-6,9H,7-8,10H2,1-2H3,(H,18,19). The van der Waals surface area contributed by atoms with Gasteiger partial charge in [-0.2, -0.15) is 0 Å². The molecule has 0 spiro atoms. The highest BCUT2D eigenvalue weighted by Crippen LogP contribution is 2.29.